The van der Waals surface area contributed by atoms with Crippen LogP contribution < -0.4 is 0 Å². The smallest absolute Gasteiger partial charge is 0.410 e. The molecule has 0 aliphatic carbocycles. The van der Waals surface area contributed by atoms with Crippen molar-refractivity contribution >= 4 is 12.1 Å². The molecule has 0 spiro atoms. The number of nitrogens with zero attached hydrogens (tertiary/aromatic N) is 1. The molecule has 0 rings (SSSR count). The Kier molecular flexibility index (Phi) is 6.44. The van der Waals surface area contributed by atoms with Gasteiger partial charge in [-0.15, -0.1) is 6.58 Å². The summed E-state index contributed by atoms with van der Waals surface area (Å²) in [6.07, 6.45) is 2.24. The molecule has 1 amide bonds. The molecule has 5 heteroatoms. The van der Waals surface area contributed by atoms with Gasteiger partial charge < -0.3 is 9.47 Å². The number of hydrogen-bond acceptors (Lipinski definition) is 4. The number of allylic oxidation sites excluding steroid dienone is 1. The zero-order chi connectivity index (χ0) is 14.3. The summed E-state index contributed by atoms with van der Waals surface area (Å²) in [6.45, 7) is 8.91. The number of methoxy groups -OCH3 is 1. The number of ether oxygens (including phenoxy) is 2. The number of hydrogen-bond donors (Lipinski definition) is 0. The van der Waals surface area contributed by atoms with Gasteiger partial charge in [-0.2, -0.15) is 0 Å². The van der Waals surface area contributed by atoms with Crippen LogP contribution in [0.3, 0.4) is 0 Å². The van der Waals surface area contributed by atoms with Gasteiger partial charge in [0.1, 0.15) is 11.6 Å². The first-order valence-corrected chi connectivity index (χ1v) is 5.87. The number of amides is 1. The van der Waals surface area contributed by atoms with Crippen molar-refractivity contribution in [3.05, 3.63) is 12.7 Å². The summed E-state index contributed by atoms with van der Waals surface area (Å²) in [5.41, 5.74) is -0.593. The lowest BCUT2D eigenvalue weighted by atomic mass is 10.1. The number of rotatable bonds is 5. The zero-order valence-electron chi connectivity index (χ0n) is 11.9. The maximum absolute atomic E-state index is 11.9. The van der Waals surface area contributed by atoms with E-state index in [2.05, 4.69) is 11.3 Å². The molecule has 0 unspecified atom stereocenters. The standard InChI is InChI=1S/C13H23NO4/c1-7-8-9-10(11(15)17-6)14(5)12(16)18-13(2,3)4/h7,10H,1,8-9H2,2-6H3/t10-/m0/s1. The summed E-state index contributed by atoms with van der Waals surface area (Å²) < 4.78 is 9.90. The minimum Gasteiger partial charge on any atom is -0.467 e. The third-order valence-corrected chi connectivity index (χ3v) is 2.27. The van der Waals surface area contributed by atoms with Crippen molar-refractivity contribution in [1.29, 1.82) is 0 Å². The Bertz CT molecular complexity index is 307. The summed E-state index contributed by atoms with van der Waals surface area (Å²) in [4.78, 5) is 24.7. The normalized spacial score (nSPS) is 12.5. The fourth-order valence-corrected chi connectivity index (χ4v) is 1.34. The highest BCUT2D eigenvalue weighted by Crippen LogP contribution is 2.14. The maximum atomic E-state index is 11.9. The Hall–Kier alpha value is -1.52. The van der Waals surface area contributed by atoms with Gasteiger partial charge >= 0.3 is 12.1 Å². The van der Waals surface area contributed by atoms with Crippen molar-refractivity contribution in [2.75, 3.05) is 14.2 Å². The van der Waals surface area contributed by atoms with Gasteiger partial charge in [0.2, 0.25) is 0 Å². The van der Waals surface area contributed by atoms with Crippen LogP contribution in [0.25, 0.3) is 0 Å². The van der Waals surface area contributed by atoms with E-state index in [-0.39, 0.29) is 0 Å². The highest BCUT2D eigenvalue weighted by atomic mass is 16.6. The first-order chi connectivity index (χ1) is 8.22. The summed E-state index contributed by atoms with van der Waals surface area (Å²) in [5, 5.41) is 0. The van der Waals surface area contributed by atoms with E-state index in [1.54, 1.807) is 26.8 Å². The summed E-state index contributed by atoms with van der Waals surface area (Å²) in [5.74, 6) is -0.454. The lowest BCUT2D eigenvalue weighted by molar-refractivity contribution is -0.146. The van der Waals surface area contributed by atoms with E-state index in [1.165, 1.54) is 19.1 Å². The third kappa shape index (κ3) is 5.70. The maximum Gasteiger partial charge on any atom is 0.410 e. The average molecular weight is 257 g/mol. The van der Waals surface area contributed by atoms with Gasteiger partial charge in [-0.1, -0.05) is 6.08 Å². The molecule has 0 aromatic carbocycles. The quantitative estimate of drug-likeness (QED) is 0.560. The van der Waals surface area contributed by atoms with Crippen LogP contribution >= 0.6 is 0 Å². The molecule has 1 atom stereocenters. The minimum absolute atomic E-state index is 0.454. The Morgan fingerprint density at radius 3 is 2.33 bits per heavy atom. The molecule has 0 bridgehead atoms. The lowest BCUT2D eigenvalue weighted by Gasteiger charge is -2.29. The topological polar surface area (TPSA) is 55.8 Å². The van der Waals surface area contributed by atoms with Crippen LogP contribution in [0, 0.1) is 0 Å². The fraction of sp³-hybridized carbons (Fsp3) is 0.692. The largest absolute Gasteiger partial charge is 0.467 e. The van der Waals surface area contributed by atoms with Crippen molar-refractivity contribution in [3.63, 3.8) is 0 Å². The van der Waals surface area contributed by atoms with Crippen LogP contribution in [-0.2, 0) is 14.3 Å². The lowest BCUT2D eigenvalue weighted by Crippen LogP contribution is -2.45. The molecule has 0 saturated heterocycles. The predicted octanol–water partition coefficient (Wildman–Crippen LogP) is 2.36. The van der Waals surface area contributed by atoms with Gasteiger partial charge in [0.05, 0.1) is 7.11 Å². The molecule has 0 aromatic heterocycles. The van der Waals surface area contributed by atoms with Crippen molar-refractivity contribution in [1.82, 2.24) is 4.90 Å². The van der Waals surface area contributed by atoms with Gasteiger partial charge in [-0.25, -0.2) is 9.59 Å². The van der Waals surface area contributed by atoms with Crippen molar-refractivity contribution < 1.29 is 19.1 Å². The van der Waals surface area contributed by atoms with Gasteiger partial charge in [0.25, 0.3) is 0 Å². The van der Waals surface area contributed by atoms with Gasteiger partial charge in [-0.3, -0.25) is 4.90 Å². The second-order valence-electron chi connectivity index (χ2n) is 5.00. The molecule has 0 heterocycles. The van der Waals surface area contributed by atoms with Crippen LogP contribution in [0.15, 0.2) is 12.7 Å². The van der Waals surface area contributed by atoms with Crippen molar-refractivity contribution in [3.8, 4) is 0 Å². The van der Waals surface area contributed by atoms with E-state index in [4.69, 9.17) is 4.74 Å². The monoisotopic (exact) mass is 257 g/mol. The molecule has 0 saturated carbocycles. The molecule has 0 N–H and O–H groups in total. The molecule has 0 fully saturated rings. The van der Waals surface area contributed by atoms with Gasteiger partial charge in [-0.05, 0) is 33.6 Å². The second kappa shape index (κ2) is 7.03. The van der Waals surface area contributed by atoms with Crippen LogP contribution in [0.2, 0.25) is 0 Å². The van der Waals surface area contributed by atoms with Gasteiger partial charge in [0.15, 0.2) is 0 Å². The first kappa shape index (κ1) is 16.5. The Morgan fingerprint density at radius 1 is 1.39 bits per heavy atom. The fourth-order valence-electron chi connectivity index (χ4n) is 1.34. The van der Waals surface area contributed by atoms with Crippen LogP contribution in [-0.4, -0.2) is 42.8 Å². The van der Waals surface area contributed by atoms with E-state index in [0.717, 1.165) is 0 Å². The van der Waals surface area contributed by atoms with E-state index in [0.29, 0.717) is 12.8 Å². The van der Waals surface area contributed by atoms with Gasteiger partial charge in [0, 0.05) is 7.05 Å². The van der Waals surface area contributed by atoms with Crippen LogP contribution in [0.1, 0.15) is 33.6 Å². The second-order valence-corrected chi connectivity index (χ2v) is 5.00. The molecule has 0 radical (unpaired) electrons. The minimum atomic E-state index is -0.650. The molecule has 5 nitrogen and oxygen atoms in total. The summed E-state index contributed by atoms with van der Waals surface area (Å²) in [6, 6.07) is -0.650. The number of esters is 1. The SMILES string of the molecule is C=CCC[C@@H](C(=O)OC)N(C)C(=O)OC(C)(C)C. The highest BCUT2D eigenvalue weighted by molar-refractivity contribution is 5.81. The molecule has 0 aromatic rings. The highest BCUT2D eigenvalue weighted by Gasteiger charge is 2.30. The number of carbonyl (C=O) groups excluding carboxylic acids is 2. The molecule has 104 valence electrons. The van der Waals surface area contributed by atoms with E-state index in [9.17, 15) is 9.59 Å². The average Bonchev–Trinajstić information content (AvgIpc) is 2.26. The van der Waals surface area contributed by atoms with E-state index in [1.807, 2.05) is 0 Å². The zero-order valence-corrected chi connectivity index (χ0v) is 11.9. The third-order valence-electron chi connectivity index (χ3n) is 2.27. The number of carbonyl (C=O) groups is 2. The summed E-state index contributed by atoms with van der Waals surface area (Å²) >= 11 is 0. The van der Waals surface area contributed by atoms with Crippen LogP contribution in [0.4, 0.5) is 4.79 Å². The Morgan fingerprint density at radius 2 is 1.94 bits per heavy atom. The van der Waals surface area contributed by atoms with Crippen molar-refractivity contribution in [2.45, 2.75) is 45.3 Å². The molecular weight excluding hydrogens is 234 g/mol. The molecule has 18 heavy (non-hydrogen) atoms. The van der Waals surface area contributed by atoms with Crippen LogP contribution in [0.5, 0.6) is 0 Å². The molecule has 0 aliphatic heterocycles. The summed E-state index contributed by atoms with van der Waals surface area (Å²) in [7, 11) is 2.82. The van der Waals surface area contributed by atoms with E-state index < -0.39 is 23.7 Å². The predicted molar refractivity (Wildman–Crippen MR) is 69.2 cm³/mol. The molecular formula is C13H23NO4. The Balaban J connectivity index is 4.72. The molecule has 0 aliphatic rings. The first-order valence-electron chi connectivity index (χ1n) is 5.87. The number of likely N-dealkylation sites (N-methyl/N-ethyl adjacent to an activating group) is 1. The Labute approximate surface area is 109 Å². The van der Waals surface area contributed by atoms with E-state index >= 15 is 0 Å². The van der Waals surface area contributed by atoms with Crippen molar-refractivity contribution in [2.24, 2.45) is 0 Å².